The molecule has 9 heteroatoms. The molecule has 0 aromatic heterocycles. The molecule has 0 saturated carbocycles. The maximum absolute atomic E-state index is 12.8. The topological polar surface area (TPSA) is 49.3 Å². The van der Waals surface area contributed by atoms with E-state index in [2.05, 4.69) is 5.32 Å². The third-order valence-electron chi connectivity index (χ3n) is 2.88. The quantitative estimate of drug-likeness (QED) is 0.766. The fourth-order valence-corrected chi connectivity index (χ4v) is 1.88. The zero-order valence-corrected chi connectivity index (χ0v) is 11.6. The van der Waals surface area contributed by atoms with Crippen LogP contribution in [0.25, 0.3) is 5.57 Å². The van der Waals surface area contributed by atoms with Crippen molar-refractivity contribution in [3.8, 4) is 0 Å². The maximum atomic E-state index is 12.8. The molecule has 0 unspecified atom stereocenters. The van der Waals surface area contributed by atoms with Gasteiger partial charge in [-0.25, -0.2) is 4.79 Å². The van der Waals surface area contributed by atoms with Crippen LogP contribution in [-0.2, 0) is 11.0 Å². The summed E-state index contributed by atoms with van der Waals surface area (Å²) >= 11 is 0. The van der Waals surface area contributed by atoms with Crippen molar-refractivity contribution in [1.29, 1.82) is 0 Å². The van der Waals surface area contributed by atoms with Crippen LogP contribution in [0.3, 0.4) is 0 Å². The highest BCUT2D eigenvalue weighted by Gasteiger charge is 2.38. The second kappa shape index (κ2) is 7.49. The zero-order chi connectivity index (χ0) is 17.7. The minimum Gasteiger partial charge on any atom is -0.475 e. The summed E-state index contributed by atoms with van der Waals surface area (Å²) in [6, 6.07) is 5.75. The van der Waals surface area contributed by atoms with Crippen molar-refractivity contribution < 1.29 is 36.2 Å². The van der Waals surface area contributed by atoms with Crippen LogP contribution in [0.15, 0.2) is 30.3 Å². The van der Waals surface area contributed by atoms with Gasteiger partial charge >= 0.3 is 18.3 Å². The van der Waals surface area contributed by atoms with Crippen molar-refractivity contribution in [2.45, 2.75) is 18.8 Å². The number of benzene rings is 1. The molecule has 2 N–H and O–H groups in total. The fraction of sp³-hybridized carbons (Fsp3) is 0.357. The van der Waals surface area contributed by atoms with E-state index in [9.17, 15) is 26.3 Å². The van der Waals surface area contributed by atoms with E-state index in [-0.39, 0.29) is 0 Å². The first kappa shape index (κ1) is 19.0. The first-order chi connectivity index (χ1) is 10.5. The van der Waals surface area contributed by atoms with Crippen molar-refractivity contribution in [3.63, 3.8) is 0 Å². The van der Waals surface area contributed by atoms with Gasteiger partial charge < -0.3 is 10.4 Å². The first-order valence-electron chi connectivity index (χ1n) is 6.40. The summed E-state index contributed by atoms with van der Waals surface area (Å²) in [6.45, 7) is 1.37. The van der Waals surface area contributed by atoms with Crippen molar-refractivity contribution in [3.05, 3.63) is 41.5 Å². The van der Waals surface area contributed by atoms with E-state index >= 15 is 0 Å². The van der Waals surface area contributed by atoms with Gasteiger partial charge in [0, 0.05) is 6.54 Å². The molecule has 0 aliphatic carbocycles. The van der Waals surface area contributed by atoms with Gasteiger partial charge in [-0.3, -0.25) is 0 Å². The lowest BCUT2D eigenvalue weighted by atomic mass is 9.95. The Morgan fingerprint density at radius 2 is 1.65 bits per heavy atom. The summed E-state index contributed by atoms with van der Waals surface area (Å²) in [4.78, 5) is 8.90. The summed E-state index contributed by atoms with van der Waals surface area (Å²) in [6.07, 6.45) is -6.89. The second-order valence-electron chi connectivity index (χ2n) is 4.53. The molecule has 1 aliphatic rings. The number of carboxylic acid groups (broad SMARTS) is 1. The van der Waals surface area contributed by atoms with Crippen molar-refractivity contribution in [2.24, 2.45) is 0 Å². The molecule has 128 valence electrons. The molecule has 3 nitrogen and oxygen atoms in total. The van der Waals surface area contributed by atoms with Crippen molar-refractivity contribution >= 4 is 11.5 Å². The molecular weight excluding hydrogens is 328 g/mol. The third-order valence-corrected chi connectivity index (χ3v) is 2.88. The third kappa shape index (κ3) is 5.93. The Morgan fingerprint density at radius 1 is 1.09 bits per heavy atom. The van der Waals surface area contributed by atoms with Gasteiger partial charge in [0.15, 0.2) is 0 Å². The molecule has 0 saturated heterocycles. The number of hydrogen-bond acceptors (Lipinski definition) is 2. The Kier molecular flexibility index (Phi) is 6.20. The molecule has 2 rings (SSSR count). The van der Waals surface area contributed by atoms with Gasteiger partial charge in [-0.2, -0.15) is 26.3 Å². The zero-order valence-electron chi connectivity index (χ0n) is 11.6. The lowest BCUT2D eigenvalue weighted by molar-refractivity contribution is -0.192. The number of halogens is 6. The summed E-state index contributed by atoms with van der Waals surface area (Å²) < 4.78 is 70.0. The molecule has 0 amide bonds. The average Bonchev–Trinajstić information content (AvgIpc) is 2.47. The molecule has 1 heterocycles. The largest absolute Gasteiger partial charge is 0.490 e. The maximum Gasteiger partial charge on any atom is 0.490 e. The standard InChI is InChI=1S/C12H12F3N.C2HF3O2/c13-12(14,15)11-4-2-1-3-10(11)9-5-7-16-8-6-9;3-2(4,5)1(6)7/h1-5,16H,6-8H2;(H,6,7). The second-order valence-corrected chi connectivity index (χ2v) is 4.53. The van der Waals surface area contributed by atoms with Crippen LogP contribution >= 0.6 is 0 Å². The van der Waals surface area contributed by atoms with E-state index in [1.807, 2.05) is 6.08 Å². The van der Waals surface area contributed by atoms with E-state index < -0.39 is 23.9 Å². The number of carboxylic acids is 1. The normalized spacial score (nSPS) is 15.3. The number of nitrogens with one attached hydrogen (secondary N) is 1. The highest BCUT2D eigenvalue weighted by atomic mass is 19.4. The highest BCUT2D eigenvalue weighted by molar-refractivity contribution is 5.73. The lowest BCUT2D eigenvalue weighted by Crippen LogP contribution is -2.21. The molecule has 1 aromatic rings. The Balaban J connectivity index is 0.000000322. The van der Waals surface area contributed by atoms with Crippen LogP contribution < -0.4 is 5.32 Å². The summed E-state index contributed by atoms with van der Waals surface area (Å²) in [5, 5.41) is 10.2. The molecule has 1 aliphatic heterocycles. The molecule has 0 bridgehead atoms. The minimum absolute atomic E-state index is 0.316. The van der Waals surface area contributed by atoms with E-state index in [0.29, 0.717) is 18.5 Å². The van der Waals surface area contributed by atoms with E-state index in [1.54, 1.807) is 12.1 Å². The van der Waals surface area contributed by atoms with Gasteiger partial charge in [-0.05, 0) is 30.2 Å². The predicted molar refractivity (Wildman–Crippen MR) is 70.6 cm³/mol. The first-order valence-corrected chi connectivity index (χ1v) is 6.40. The Hall–Kier alpha value is -2.03. The SMILES string of the molecule is FC(F)(F)c1ccccc1C1=CCNCC1.O=C(O)C(F)(F)F. The monoisotopic (exact) mass is 341 g/mol. The highest BCUT2D eigenvalue weighted by Crippen LogP contribution is 2.35. The molecular formula is C14H13F6NO2. The smallest absolute Gasteiger partial charge is 0.475 e. The average molecular weight is 341 g/mol. The van der Waals surface area contributed by atoms with Crippen LogP contribution in [0.2, 0.25) is 0 Å². The number of aliphatic carboxylic acids is 1. The van der Waals surface area contributed by atoms with Crippen LogP contribution in [0.4, 0.5) is 26.3 Å². The number of hydrogen-bond donors (Lipinski definition) is 2. The summed E-state index contributed by atoms with van der Waals surface area (Å²) in [5.74, 6) is -2.76. The van der Waals surface area contributed by atoms with Crippen molar-refractivity contribution in [1.82, 2.24) is 5.32 Å². The van der Waals surface area contributed by atoms with Gasteiger partial charge in [0.25, 0.3) is 0 Å². The van der Waals surface area contributed by atoms with Gasteiger partial charge in [-0.15, -0.1) is 0 Å². The van der Waals surface area contributed by atoms with E-state index in [1.165, 1.54) is 6.07 Å². The predicted octanol–water partition coefficient (Wildman–Crippen LogP) is 3.72. The molecule has 23 heavy (non-hydrogen) atoms. The molecule has 0 fully saturated rings. The molecule has 0 spiro atoms. The number of carbonyl (C=O) groups is 1. The summed E-state index contributed by atoms with van der Waals surface area (Å²) in [5.41, 5.74) is 0.561. The molecule has 0 atom stereocenters. The number of rotatable bonds is 1. The van der Waals surface area contributed by atoms with Gasteiger partial charge in [-0.1, -0.05) is 24.3 Å². The number of alkyl halides is 6. The van der Waals surface area contributed by atoms with Gasteiger partial charge in [0.1, 0.15) is 0 Å². The van der Waals surface area contributed by atoms with Crippen LogP contribution in [-0.4, -0.2) is 30.3 Å². The van der Waals surface area contributed by atoms with Gasteiger partial charge in [0.2, 0.25) is 0 Å². The Bertz CT molecular complexity index is 577. The minimum atomic E-state index is -5.08. The van der Waals surface area contributed by atoms with Crippen molar-refractivity contribution in [2.75, 3.05) is 13.1 Å². The summed E-state index contributed by atoms with van der Waals surface area (Å²) in [7, 11) is 0. The van der Waals surface area contributed by atoms with E-state index in [4.69, 9.17) is 9.90 Å². The van der Waals surface area contributed by atoms with Crippen LogP contribution in [0.1, 0.15) is 17.5 Å². The lowest BCUT2D eigenvalue weighted by Gasteiger charge is -2.18. The molecule has 0 radical (unpaired) electrons. The van der Waals surface area contributed by atoms with E-state index in [0.717, 1.165) is 18.2 Å². The Morgan fingerprint density at radius 3 is 2.09 bits per heavy atom. The van der Waals surface area contributed by atoms with Crippen LogP contribution in [0, 0.1) is 0 Å². The van der Waals surface area contributed by atoms with Gasteiger partial charge in [0.05, 0.1) is 5.56 Å². The Labute approximate surface area is 127 Å². The fourth-order valence-electron chi connectivity index (χ4n) is 1.88. The molecule has 1 aromatic carbocycles. The van der Waals surface area contributed by atoms with Crippen LogP contribution in [0.5, 0.6) is 0 Å².